The molecule has 0 aliphatic carbocycles. The molecule has 102 valence electrons. The molecule has 0 bridgehead atoms. The van der Waals surface area contributed by atoms with Crippen LogP contribution in [-0.4, -0.2) is 40.0 Å². The third-order valence-electron chi connectivity index (χ3n) is 3.37. The van der Waals surface area contributed by atoms with Gasteiger partial charge in [0.15, 0.2) is 0 Å². The van der Waals surface area contributed by atoms with Crippen molar-refractivity contribution in [3.63, 3.8) is 0 Å². The molecule has 0 N–H and O–H groups in total. The summed E-state index contributed by atoms with van der Waals surface area (Å²) in [6.07, 6.45) is 1.59. The van der Waals surface area contributed by atoms with Crippen LogP contribution in [0.4, 0.5) is 0 Å². The number of ether oxygens (including phenoxy) is 1. The molecule has 1 saturated heterocycles. The Hall–Kier alpha value is -0.390. The van der Waals surface area contributed by atoms with Crippen molar-refractivity contribution in [2.45, 2.75) is 45.9 Å². The zero-order valence-corrected chi connectivity index (χ0v) is 13.2. The van der Waals surface area contributed by atoms with E-state index in [1.54, 1.807) is 0 Å². The van der Waals surface area contributed by atoms with Crippen molar-refractivity contribution in [3.8, 4) is 0 Å². The second-order valence-electron chi connectivity index (χ2n) is 5.14. The van der Waals surface area contributed by atoms with Gasteiger partial charge in [0.25, 0.3) is 0 Å². The maximum Gasteiger partial charge on any atom is 0.0767 e. The summed E-state index contributed by atoms with van der Waals surface area (Å²) in [5.74, 6) is 0. The molecule has 0 saturated carbocycles. The van der Waals surface area contributed by atoms with Crippen LogP contribution in [0, 0.1) is 0 Å². The fourth-order valence-corrected chi connectivity index (χ4v) is 3.36. The van der Waals surface area contributed by atoms with E-state index in [1.807, 2.05) is 11.7 Å². The van der Waals surface area contributed by atoms with Crippen molar-refractivity contribution in [1.82, 2.24) is 14.7 Å². The minimum atomic E-state index is 0.311. The molecule has 0 unspecified atom stereocenters. The van der Waals surface area contributed by atoms with Gasteiger partial charge in [0.05, 0.1) is 28.1 Å². The summed E-state index contributed by atoms with van der Waals surface area (Å²) in [5, 5.41) is 4.54. The van der Waals surface area contributed by atoms with E-state index in [0.717, 1.165) is 31.7 Å². The Balaban J connectivity index is 2.11. The highest BCUT2D eigenvalue weighted by Crippen LogP contribution is 2.24. The molecule has 2 atom stereocenters. The first-order valence-electron chi connectivity index (χ1n) is 6.59. The highest BCUT2D eigenvalue weighted by atomic mass is 79.9. The van der Waals surface area contributed by atoms with Gasteiger partial charge in [0.1, 0.15) is 0 Å². The molecule has 2 rings (SSSR count). The van der Waals surface area contributed by atoms with Gasteiger partial charge in [-0.05, 0) is 36.2 Å². The van der Waals surface area contributed by atoms with Gasteiger partial charge in [0.2, 0.25) is 0 Å². The van der Waals surface area contributed by atoms with Gasteiger partial charge in [0, 0.05) is 26.7 Å². The lowest BCUT2D eigenvalue weighted by atomic mass is 10.2. The predicted octanol–water partition coefficient (Wildman–Crippen LogP) is 2.35. The van der Waals surface area contributed by atoms with E-state index in [9.17, 15) is 0 Å². The summed E-state index contributed by atoms with van der Waals surface area (Å²) in [6.45, 7) is 9.32. The highest BCUT2D eigenvalue weighted by molar-refractivity contribution is 9.10. The molecule has 0 amide bonds. The molecule has 1 fully saturated rings. The summed E-state index contributed by atoms with van der Waals surface area (Å²) < 4.78 is 8.92. The number of hydrogen-bond donors (Lipinski definition) is 0. The molecule has 5 heteroatoms. The number of aromatic nitrogens is 2. The standard InChI is InChI=1S/C13H22BrN3O/c1-5-11-13(14)12(16(4)15-11)8-17-6-9(2)18-10(3)7-17/h9-10H,5-8H2,1-4H3/t9-,10+. The first-order chi connectivity index (χ1) is 8.51. The number of nitrogens with zero attached hydrogens (tertiary/aromatic N) is 3. The molecule has 1 aliphatic rings. The first-order valence-corrected chi connectivity index (χ1v) is 7.38. The molecule has 0 aromatic carbocycles. The SMILES string of the molecule is CCc1nn(C)c(CN2C[C@@H](C)O[C@@H](C)C2)c1Br. The maximum absolute atomic E-state index is 5.77. The van der Waals surface area contributed by atoms with Gasteiger partial charge in [-0.3, -0.25) is 9.58 Å². The summed E-state index contributed by atoms with van der Waals surface area (Å²) in [4.78, 5) is 2.44. The van der Waals surface area contributed by atoms with Crippen molar-refractivity contribution in [3.05, 3.63) is 15.9 Å². The Morgan fingerprint density at radius 2 is 1.94 bits per heavy atom. The number of rotatable bonds is 3. The van der Waals surface area contributed by atoms with Gasteiger partial charge >= 0.3 is 0 Å². The van der Waals surface area contributed by atoms with Crippen LogP contribution in [0.3, 0.4) is 0 Å². The quantitative estimate of drug-likeness (QED) is 0.857. The molecule has 2 heterocycles. The fraction of sp³-hybridized carbons (Fsp3) is 0.769. The Labute approximate surface area is 117 Å². The Morgan fingerprint density at radius 3 is 2.44 bits per heavy atom. The smallest absolute Gasteiger partial charge is 0.0767 e. The Morgan fingerprint density at radius 1 is 1.33 bits per heavy atom. The van der Waals surface area contributed by atoms with Gasteiger partial charge < -0.3 is 4.74 Å². The number of hydrogen-bond acceptors (Lipinski definition) is 3. The van der Waals surface area contributed by atoms with E-state index >= 15 is 0 Å². The Bertz CT molecular complexity index is 409. The second-order valence-corrected chi connectivity index (χ2v) is 5.93. The van der Waals surface area contributed by atoms with E-state index in [1.165, 1.54) is 10.2 Å². The summed E-state index contributed by atoms with van der Waals surface area (Å²) in [7, 11) is 2.02. The topological polar surface area (TPSA) is 30.3 Å². The molecule has 18 heavy (non-hydrogen) atoms. The molecule has 1 aromatic heterocycles. The molecule has 1 aliphatic heterocycles. The fourth-order valence-electron chi connectivity index (χ4n) is 2.62. The van der Waals surface area contributed by atoms with Crippen LogP contribution in [0.15, 0.2) is 4.47 Å². The van der Waals surface area contributed by atoms with Crippen LogP contribution in [0.5, 0.6) is 0 Å². The molecule has 0 spiro atoms. The zero-order chi connectivity index (χ0) is 13.3. The molecular formula is C13H22BrN3O. The first kappa shape index (κ1) is 14.0. The second kappa shape index (κ2) is 5.72. The average Bonchev–Trinajstić information content (AvgIpc) is 2.55. The third-order valence-corrected chi connectivity index (χ3v) is 4.29. The molecule has 1 aromatic rings. The lowest BCUT2D eigenvalue weighted by Crippen LogP contribution is -2.45. The molecule has 4 nitrogen and oxygen atoms in total. The van der Waals surface area contributed by atoms with Crippen LogP contribution >= 0.6 is 15.9 Å². The summed E-state index contributed by atoms with van der Waals surface area (Å²) in [6, 6.07) is 0. The van der Waals surface area contributed by atoms with Crippen LogP contribution < -0.4 is 0 Å². The zero-order valence-electron chi connectivity index (χ0n) is 11.6. The largest absolute Gasteiger partial charge is 0.373 e. The Kier molecular flexibility index (Phi) is 4.45. The predicted molar refractivity (Wildman–Crippen MR) is 75.6 cm³/mol. The van der Waals surface area contributed by atoms with E-state index < -0.39 is 0 Å². The monoisotopic (exact) mass is 315 g/mol. The number of aryl methyl sites for hydroxylation is 2. The van der Waals surface area contributed by atoms with Crippen LogP contribution in [-0.2, 0) is 24.8 Å². The van der Waals surface area contributed by atoms with Gasteiger partial charge in [-0.1, -0.05) is 6.92 Å². The van der Waals surface area contributed by atoms with Crippen LogP contribution in [0.1, 0.15) is 32.2 Å². The van der Waals surface area contributed by atoms with Crippen molar-refractivity contribution in [2.24, 2.45) is 7.05 Å². The molecular weight excluding hydrogens is 294 g/mol. The van der Waals surface area contributed by atoms with Gasteiger partial charge in [-0.2, -0.15) is 5.10 Å². The van der Waals surface area contributed by atoms with Crippen LogP contribution in [0.25, 0.3) is 0 Å². The van der Waals surface area contributed by atoms with Crippen molar-refractivity contribution < 1.29 is 4.74 Å². The highest BCUT2D eigenvalue weighted by Gasteiger charge is 2.24. The normalized spacial score (nSPS) is 25.6. The molecule has 0 radical (unpaired) electrons. The van der Waals surface area contributed by atoms with Crippen molar-refractivity contribution in [2.75, 3.05) is 13.1 Å². The van der Waals surface area contributed by atoms with Crippen molar-refractivity contribution >= 4 is 15.9 Å². The minimum absolute atomic E-state index is 0.311. The number of morpholine rings is 1. The van der Waals surface area contributed by atoms with Gasteiger partial charge in [-0.15, -0.1) is 0 Å². The van der Waals surface area contributed by atoms with E-state index in [-0.39, 0.29) is 0 Å². The van der Waals surface area contributed by atoms with Crippen LogP contribution in [0.2, 0.25) is 0 Å². The number of halogens is 1. The minimum Gasteiger partial charge on any atom is -0.373 e. The lowest BCUT2D eigenvalue weighted by molar-refractivity contribution is -0.0710. The van der Waals surface area contributed by atoms with Crippen molar-refractivity contribution in [1.29, 1.82) is 0 Å². The third kappa shape index (κ3) is 2.95. The average molecular weight is 316 g/mol. The summed E-state index contributed by atoms with van der Waals surface area (Å²) >= 11 is 3.68. The summed E-state index contributed by atoms with van der Waals surface area (Å²) in [5.41, 5.74) is 2.40. The maximum atomic E-state index is 5.77. The van der Waals surface area contributed by atoms with E-state index in [4.69, 9.17) is 4.74 Å². The van der Waals surface area contributed by atoms with E-state index in [0.29, 0.717) is 12.2 Å². The van der Waals surface area contributed by atoms with Gasteiger partial charge in [-0.25, -0.2) is 0 Å². The van der Waals surface area contributed by atoms with E-state index in [2.05, 4.69) is 46.7 Å². The lowest BCUT2D eigenvalue weighted by Gasteiger charge is -2.35.